The molecule has 1 amide bonds. The van der Waals surface area contributed by atoms with Crippen LogP contribution in [0.3, 0.4) is 0 Å². The van der Waals surface area contributed by atoms with Gasteiger partial charge in [0.15, 0.2) is 0 Å². The summed E-state index contributed by atoms with van der Waals surface area (Å²) in [6, 6.07) is 0.708. The maximum Gasteiger partial charge on any atom is 0.222 e. The summed E-state index contributed by atoms with van der Waals surface area (Å²) in [7, 11) is 1.74. The van der Waals surface area contributed by atoms with Crippen molar-refractivity contribution in [2.75, 3.05) is 33.2 Å². The van der Waals surface area contributed by atoms with Crippen LogP contribution in [-0.2, 0) is 4.79 Å². The number of rotatable bonds is 2. The van der Waals surface area contributed by atoms with Gasteiger partial charge in [0.1, 0.15) is 0 Å². The second kappa shape index (κ2) is 5.64. The van der Waals surface area contributed by atoms with Gasteiger partial charge in [-0.2, -0.15) is 0 Å². The molecule has 0 aromatic carbocycles. The normalized spacial score (nSPS) is 28.9. The van der Waals surface area contributed by atoms with Gasteiger partial charge < -0.3 is 10.6 Å². The lowest BCUT2D eigenvalue weighted by Crippen LogP contribution is -2.50. The van der Waals surface area contributed by atoms with Crippen molar-refractivity contribution < 1.29 is 4.79 Å². The highest BCUT2D eigenvalue weighted by Crippen LogP contribution is 2.21. The van der Waals surface area contributed by atoms with Crippen LogP contribution in [-0.4, -0.2) is 50.1 Å². The van der Waals surface area contributed by atoms with Gasteiger partial charge >= 0.3 is 0 Å². The molecule has 92 valence electrons. The first-order valence-corrected chi connectivity index (χ1v) is 6.47. The molecule has 2 aliphatic rings. The predicted octanol–water partition coefficient (Wildman–Crippen LogP) is 0.196. The molecule has 0 aromatic rings. The van der Waals surface area contributed by atoms with E-state index in [2.05, 4.69) is 15.5 Å². The van der Waals surface area contributed by atoms with Gasteiger partial charge in [0.2, 0.25) is 5.91 Å². The number of carbonyl (C=O) groups is 1. The first kappa shape index (κ1) is 11.9. The molecule has 4 nitrogen and oxygen atoms in total. The number of nitrogens with one attached hydrogen (secondary N) is 2. The molecule has 0 aromatic heterocycles. The Morgan fingerprint density at radius 3 is 2.62 bits per heavy atom. The minimum atomic E-state index is 0.224. The van der Waals surface area contributed by atoms with Crippen LogP contribution >= 0.6 is 0 Å². The largest absolute Gasteiger partial charge is 0.359 e. The summed E-state index contributed by atoms with van der Waals surface area (Å²) in [6.07, 6.45) is 4.66. The third-order valence-corrected chi connectivity index (χ3v) is 3.93. The van der Waals surface area contributed by atoms with Crippen LogP contribution in [0.1, 0.15) is 25.7 Å². The van der Waals surface area contributed by atoms with E-state index in [1.807, 2.05) is 0 Å². The van der Waals surface area contributed by atoms with Crippen molar-refractivity contribution in [3.8, 4) is 0 Å². The first-order valence-electron chi connectivity index (χ1n) is 6.47. The summed E-state index contributed by atoms with van der Waals surface area (Å²) in [5.41, 5.74) is 0. The van der Waals surface area contributed by atoms with Gasteiger partial charge in [-0.25, -0.2) is 0 Å². The summed E-state index contributed by atoms with van der Waals surface area (Å²) in [6.45, 7) is 4.48. The van der Waals surface area contributed by atoms with Crippen molar-refractivity contribution in [3.63, 3.8) is 0 Å². The summed E-state index contributed by atoms with van der Waals surface area (Å²) in [5, 5.41) is 6.22. The average molecular weight is 225 g/mol. The number of carbonyl (C=O) groups excluding carboxylic acids is 1. The van der Waals surface area contributed by atoms with Gasteiger partial charge in [0.25, 0.3) is 0 Å². The molecule has 2 saturated heterocycles. The van der Waals surface area contributed by atoms with Gasteiger partial charge in [-0.3, -0.25) is 9.69 Å². The van der Waals surface area contributed by atoms with Gasteiger partial charge in [0.05, 0.1) is 0 Å². The molecule has 4 heteroatoms. The zero-order chi connectivity index (χ0) is 11.4. The monoisotopic (exact) mass is 225 g/mol. The van der Waals surface area contributed by atoms with Crippen LogP contribution < -0.4 is 10.6 Å². The van der Waals surface area contributed by atoms with E-state index in [4.69, 9.17) is 0 Å². The number of piperidine rings is 2. The molecule has 2 aliphatic heterocycles. The molecule has 16 heavy (non-hydrogen) atoms. The molecule has 2 heterocycles. The Hall–Kier alpha value is -0.610. The lowest BCUT2D eigenvalue weighted by Gasteiger charge is -2.39. The molecule has 2 fully saturated rings. The zero-order valence-electron chi connectivity index (χ0n) is 10.2. The van der Waals surface area contributed by atoms with Crippen molar-refractivity contribution >= 4 is 5.91 Å². The lowest BCUT2D eigenvalue weighted by molar-refractivity contribution is -0.126. The number of hydrogen-bond donors (Lipinski definition) is 2. The molecule has 1 unspecified atom stereocenters. The third-order valence-electron chi connectivity index (χ3n) is 3.93. The highest BCUT2D eigenvalue weighted by Gasteiger charge is 2.28. The lowest BCUT2D eigenvalue weighted by atomic mass is 9.93. The molecule has 2 rings (SSSR count). The second-order valence-corrected chi connectivity index (χ2v) is 4.92. The van der Waals surface area contributed by atoms with Gasteiger partial charge in [0, 0.05) is 25.6 Å². The van der Waals surface area contributed by atoms with Crippen LogP contribution in [0.2, 0.25) is 0 Å². The van der Waals surface area contributed by atoms with E-state index in [1.54, 1.807) is 7.05 Å². The van der Waals surface area contributed by atoms with Crippen LogP contribution in [0.5, 0.6) is 0 Å². The molecular formula is C12H23N3O. The number of nitrogens with zero attached hydrogens (tertiary/aromatic N) is 1. The van der Waals surface area contributed by atoms with Crippen LogP contribution in [0, 0.1) is 5.92 Å². The smallest absolute Gasteiger partial charge is 0.222 e. The standard InChI is InChI=1S/C12H23N3O/c1-13-12(16)10-4-7-15(8-5-10)11-3-2-6-14-9-11/h10-11,14H,2-9H2,1H3,(H,13,16). The van der Waals surface area contributed by atoms with Crippen molar-refractivity contribution in [2.24, 2.45) is 5.92 Å². The summed E-state index contributed by atoms with van der Waals surface area (Å²) >= 11 is 0. The summed E-state index contributed by atoms with van der Waals surface area (Å²) in [5.74, 6) is 0.471. The van der Waals surface area contributed by atoms with E-state index >= 15 is 0 Å². The fourth-order valence-corrected chi connectivity index (χ4v) is 2.88. The SMILES string of the molecule is CNC(=O)C1CCN(C2CCCNC2)CC1. The predicted molar refractivity (Wildman–Crippen MR) is 64.3 cm³/mol. The van der Waals surface area contributed by atoms with E-state index in [9.17, 15) is 4.79 Å². The Labute approximate surface area is 97.8 Å². The Morgan fingerprint density at radius 2 is 2.06 bits per heavy atom. The second-order valence-electron chi connectivity index (χ2n) is 4.92. The molecule has 0 spiro atoms. The van der Waals surface area contributed by atoms with Crippen molar-refractivity contribution in [3.05, 3.63) is 0 Å². The molecule has 1 atom stereocenters. The molecule has 0 radical (unpaired) electrons. The van der Waals surface area contributed by atoms with E-state index in [1.165, 1.54) is 19.4 Å². The third kappa shape index (κ3) is 2.74. The fourth-order valence-electron chi connectivity index (χ4n) is 2.88. The minimum absolute atomic E-state index is 0.224. The molecule has 0 saturated carbocycles. The van der Waals surface area contributed by atoms with E-state index in [0.29, 0.717) is 6.04 Å². The Morgan fingerprint density at radius 1 is 1.31 bits per heavy atom. The number of amides is 1. The highest BCUT2D eigenvalue weighted by atomic mass is 16.1. The quantitative estimate of drug-likeness (QED) is 0.705. The Bertz CT molecular complexity index is 230. The molecule has 0 bridgehead atoms. The molecule has 2 N–H and O–H groups in total. The van der Waals surface area contributed by atoms with Crippen molar-refractivity contribution in [2.45, 2.75) is 31.7 Å². The minimum Gasteiger partial charge on any atom is -0.359 e. The van der Waals surface area contributed by atoms with Crippen LogP contribution in [0.25, 0.3) is 0 Å². The Balaban J connectivity index is 1.78. The highest BCUT2D eigenvalue weighted by molar-refractivity contribution is 5.78. The topological polar surface area (TPSA) is 44.4 Å². The number of hydrogen-bond acceptors (Lipinski definition) is 3. The molecule has 0 aliphatic carbocycles. The zero-order valence-corrected chi connectivity index (χ0v) is 10.2. The summed E-state index contributed by atoms with van der Waals surface area (Å²) in [4.78, 5) is 14.1. The average Bonchev–Trinajstić information content (AvgIpc) is 2.39. The first-order chi connectivity index (χ1) is 7.81. The number of likely N-dealkylation sites (tertiary alicyclic amines) is 1. The van der Waals surface area contributed by atoms with Gasteiger partial charge in [-0.1, -0.05) is 0 Å². The fraction of sp³-hybridized carbons (Fsp3) is 0.917. The van der Waals surface area contributed by atoms with E-state index in [-0.39, 0.29) is 11.8 Å². The van der Waals surface area contributed by atoms with Crippen molar-refractivity contribution in [1.82, 2.24) is 15.5 Å². The van der Waals surface area contributed by atoms with Crippen molar-refractivity contribution in [1.29, 1.82) is 0 Å². The van der Waals surface area contributed by atoms with Gasteiger partial charge in [-0.05, 0) is 45.3 Å². The maximum absolute atomic E-state index is 11.5. The summed E-state index contributed by atoms with van der Waals surface area (Å²) < 4.78 is 0. The van der Waals surface area contributed by atoms with Gasteiger partial charge in [-0.15, -0.1) is 0 Å². The Kier molecular flexibility index (Phi) is 4.18. The van der Waals surface area contributed by atoms with E-state index in [0.717, 1.165) is 32.5 Å². The van der Waals surface area contributed by atoms with Crippen LogP contribution in [0.15, 0.2) is 0 Å². The van der Waals surface area contributed by atoms with E-state index < -0.39 is 0 Å². The maximum atomic E-state index is 11.5. The van der Waals surface area contributed by atoms with Crippen LogP contribution in [0.4, 0.5) is 0 Å². The molecular weight excluding hydrogens is 202 g/mol.